The first-order chi connectivity index (χ1) is 12.6. The van der Waals surface area contributed by atoms with Gasteiger partial charge in [-0.2, -0.15) is 0 Å². The Kier molecular flexibility index (Phi) is 4.48. The molecule has 4 rings (SSSR count). The highest BCUT2D eigenvalue weighted by atomic mass is 16.3. The third-order valence-electron chi connectivity index (χ3n) is 5.40. The summed E-state index contributed by atoms with van der Waals surface area (Å²) in [7, 11) is 1.94. The Labute approximate surface area is 151 Å². The van der Waals surface area contributed by atoms with Crippen molar-refractivity contribution in [1.29, 1.82) is 0 Å². The number of rotatable bonds is 6. The number of amides is 2. The minimum atomic E-state index is -0.336. The molecule has 2 aromatic rings. The van der Waals surface area contributed by atoms with Crippen molar-refractivity contribution >= 4 is 11.8 Å². The fourth-order valence-corrected chi connectivity index (χ4v) is 3.55. The normalized spacial score (nSPS) is 20.4. The van der Waals surface area contributed by atoms with E-state index in [1.807, 2.05) is 17.7 Å². The quantitative estimate of drug-likeness (QED) is 0.842. The molecule has 8 heteroatoms. The molecule has 1 unspecified atom stereocenters. The Morgan fingerprint density at radius 1 is 1.38 bits per heavy atom. The van der Waals surface area contributed by atoms with E-state index in [1.54, 1.807) is 17.2 Å². The van der Waals surface area contributed by atoms with Gasteiger partial charge >= 0.3 is 0 Å². The monoisotopic (exact) mass is 357 g/mol. The predicted molar refractivity (Wildman–Crippen MR) is 91.7 cm³/mol. The summed E-state index contributed by atoms with van der Waals surface area (Å²) in [6, 6.07) is 3.62. The molecule has 3 heterocycles. The van der Waals surface area contributed by atoms with E-state index < -0.39 is 0 Å². The molecule has 2 aliphatic rings. The van der Waals surface area contributed by atoms with Crippen LogP contribution in [0.3, 0.4) is 0 Å². The summed E-state index contributed by atoms with van der Waals surface area (Å²) >= 11 is 0. The molecule has 1 saturated heterocycles. The van der Waals surface area contributed by atoms with E-state index in [2.05, 4.69) is 15.5 Å². The lowest BCUT2D eigenvalue weighted by Crippen LogP contribution is -2.33. The Balaban J connectivity index is 1.31. The molecule has 138 valence electrons. The van der Waals surface area contributed by atoms with Gasteiger partial charge < -0.3 is 19.2 Å². The molecule has 0 radical (unpaired) electrons. The van der Waals surface area contributed by atoms with Crippen molar-refractivity contribution in [1.82, 2.24) is 25.0 Å². The summed E-state index contributed by atoms with van der Waals surface area (Å²) in [4.78, 5) is 26.3. The van der Waals surface area contributed by atoms with Crippen LogP contribution in [-0.4, -0.2) is 38.0 Å². The van der Waals surface area contributed by atoms with Crippen molar-refractivity contribution in [3.05, 3.63) is 35.8 Å². The minimum absolute atomic E-state index is 0.0209. The van der Waals surface area contributed by atoms with Gasteiger partial charge in [-0.25, -0.2) is 0 Å². The van der Waals surface area contributed by atoms with Crippen molar-refractivity contribution in [2.45, 2.75) is 44.7 Å². The van der Waals surface area contributed by atoms with Gasteiger partial charge in [0.25, 0.3) is 0 Å². The van der Waals surface area contributed by atoms with Crippen LogP contribution < -0.4 is 5.32 Å². The zero-order valence-electron chi connectivity index (χ0n) is 14.9. The van der Waals surface area contributed by atoms with E-state index in [-0.39, 0.29) is 24.2 Å². The van der Waals surface area contributed by atoms with Gasteiger partial charge in [-0.05, 0) is 25.0 Å². The molecular formula is C18H23N5O3. The first-order valence-corrected chi connectivity index (χ1v) is 9.08. The molecule has 1 N–H and O–H groups in total. The standard InChI is InChI=1S/C18H23N5O3/c1-22-15(20-21-17(22)12-4-2-5-12)9-19-18(25)13-8-16(24)23(10-13)11-14-6-3-7-26-14/h3,6-7,12-13H,2,4-5,8-11H2,1H3,(H,19,25). The number of hydrogen-bond donors (Lipinski definition) is 1. The van der Waals surface area contributed by atoms with Crippen molar-refractivity contribution in [3.8, 4) is 0 Å². The molecule has 0 bridgehead atoms. The number of carbonyl (C=O) groups excluding carboxylic acids is 2. The Bertz CT molecular complexity index is 794. The van der Waals surface area contributed by atoms with Crippen LogP contribution in [0, 0.1) is 5.92 Å². The van der Waals surface area contributed by atoms with E-state index >= 15 is 0 Å². The first kappa shape index (κ1) is 16.8. The maximum Gasteiger partial charge on any atom is 0.225 e. The van der Waals surface area contributed by atoms with Crippen LogP contribution in [0.1, 0.15) is 49.0 Å². The van der Waals surface area contributed by atoms with Crippen molar-refractivity contribution < 1.29 is 14.0 Å². The van der Waals surface area contributed by atoms with Crippen molar-refractivity contribution in [2.24, 2.45) is 13.0 Å². The third kappa shape index (κ3) is 3.23. The van der Waals surface area contributed by atoms with E-state index in [0.717, 1.165) is 30.3 Å². The Morgan fingerprint density at radius 2 is 2.23 bits per heavy atom. The Morgan fingerprint density at radius 3 is 2.92 bits per heavy atom. The molecule has 8 nitrogen and oxygen atoms in total. The van der Waals surface area contributed by atoms with Gasteiger partial charge in [-0.1, -0.05) is 6.42 Å². The number of hydrogen-bond acceptors (Lipinski definition) is 5. The topological polar surface area (TPSA) is 93.3 Å². The van der Waals surface area contributed by atoms with Crippen LogP contribution in [0.5, 0.6) is 0 Å². The fourth-order valence-electron chi connectivity index (χ4n) is 3.55. The second-order valence-electron chi connectivity index (χ2n) is 7.13. The van der Waals surface area contributed by atoms with Crippen LogP contribution in [0.2, 0.25) is 0 Å². The molecule has 2 amide bonds. The molecule has 26 heavy (non-hydrogen) atoms. The van der Waals surface area contributed by atoms with Crippen molar-refractivity contribution in [3.63, 3.8) is 0 Å². The summed E-state index contributed by atoms with van der Waals surface area (Å²) in [5, 5.41) is 11.4. The summed E-state index contributed by atoms with van der Waals surface area (Å²) in [6.07, 6.45) is 5.38. The van der Waals surface area contributed by atoms with Crippen LogP contribution in [0.25, 0.3) is 0 Å². The van der Waals surface area contributed by atoms with Gasteiger partial charge in [0.1, 0.15) is 11.6 Å². The Hall–Kier alpha value is -2.64. The number of likely N-dealkylation sites (tertiary alicyclic amines) is 1. The van der Waals surface area contributed by atoms with Crippen LogP contribution in [0.4, 0.5) is 0 Å². The van der Waals surface area contributed by atoms with E-state index in [9.17, 15) is 9.59 Å². The van der Waals surface area contributed by atoms with Gasteiger partial charge in [0, 0.05) is 25.9 Å². The van der Waals surface area contributed by atoms with Gasteiger partial charge in [-0.3, -0.25) is 9.59 Å². The third-order valence-corrected chi connectivity index (χ3v) is 5.40. The van der Waals surface area contributed by atoms with Gasteiger partial charge in [0.05, 0.1) is 25.3 Å². The lowest BCUT2D eigenvalue weighted by Gasteiger charge is -2.24. The number of carbonyl (C=O) groups is 2. The molecule has 1 aliphatic heterocycles. The molecule has 2 fully saturated rings. The van der Waals surface area contributed by atoms with Gasteiger partial charge in [0.15, 0.2) is 5.82 Å². The summed E-state index contributed by atoms with van der Waals surface area (Å²) in [5.41, 5.74) is 0. The van der Waals surface area contributed by atoms with E-state index in [1.165, 1.54) is 6.42 Å². The highest BCUT2D eigenvalue weighted by molar-refractivity contribution is 5.89. The molecule has 1 saturated carbocycles. The van der Waals surface area contributed by atoms with Crippen LogP contribution in [0.15, 0.2) is 22.8 Å². The number of nitrogens with one attached hydrogen (secondary N) is 1. The number of nitrogens with zero attached hydrogens (tertiary/aromatic N) is 4. The summed E-state index contributed by atoms with van der Waals surface area (Å²) in [6.45, 7) is 1.15. The summed E-state index contributed by atoms with van der Waals surface area (Å²) in [5.74, 6) is 2.50. The highest BCUT2D eigenvalue weighted by Gasteiger charge is 2.34. The zero-order chi connectivity index (χ0) is 18.1. The molecule has 0 aromatic carbocycles. The first-order valence-electron chi connectivity index (χ1n) is 9.08. The molecule has 2 aromatic heterocycles. The maximum atomic E-state index is 12.5. The fraction of sp³-hybridized carbons (Fsp3) is 0.556. The molecular weight excluding hydrogens is 334 g/mol. The largest absolute Gasteiger partial charge is 0.467 e. The van der Waals surface area contributed by atoms with Crippen LogP contribution in [-0.2, 0) is 29.7 Å². The second kappa shape index (κ2) is 6.93. The predicted octanol–water partition coefficient (Wildman–Crippen LogP) is 1.34. The summed E-state index contributed by atoms with van der Waals surface area (Å²) < 4.78 is 7.26. The average Bonchev–Trinajstić information content (AvgIpc) is 3.29. The molecule has 1 aliphatic carbocycles. The van der Waals surface area contributed by atoms with Gasteiger partial charge in [0.2, 0.25) is 11.8 Å². The second-order valence-corrected chi connectivity index (χ2v) is 7.13. The number of furan rings is 1. The smallest absolute Gasteiger partial charge is 0.225 e. The average molecular weight is 357 g/mol. The highest BCUT2D eigenvalue weighted by Crippen LogP contribution is 2.35. The maximum absolute atomic E-state index is 12.5. The van der Waals surface area contributed by atoms with E-state index in [0.29, 0.717) is 25.6 Å². The lowest BCUT2D eigenvalue weighted by molar-refractivity contribution is -0.129. The zero-order valence-corrected chi connectivity index (χ0v) is 14.9. The number of aromatic nitrogens is 3. The van der Waals surface area contributed by atoms with Crippen molar-refractivity contribution in [2.75, 3.05) is 6.54 Å². The van der Waals surface area contributed by atoms with Gasteiger partial charge in [-0.15, -0.1) is 10.2 Å². The lowest BCUT2D eigenvalue weighted by atomic mass is 9.85. The minimum Gasteiger partial charge on any atom is -0.467 e. The molecule has 1 atom stereocenters. The van der Waals surface area contributed by atoms with Crippen LogP contribution >= 0.6 is 0 Å². The van der Waals surface area contributed by atoms with E-state index in [4.69, 9.17) is 4.42 Å². The molecule has 0 spiro atoms. The SMILES string of the molecule is Cn1c(CNC(=O)C2CC(=O)N(Cc3ccco3)C2)nnc1C1CCC1.